The Bertz CT molecular complexity index is 404. The van der Waals surface area contributed by atoms with Crippen LogP contribution in [0.2, 0.25) is 0 Å². The number of hydrogen-bond acceptors (Lipinski definition) is 4. The summed E-state index contributed by atoms with van der Waals surface area (Å²) in [6.45, 7) is 1.72. The molecule has 0 heterocycles. The molecule has 1 aromatic carbocycles. The Morgan fingerprint density at radius 1 is 1.41 bits per heavy atom. The van der Waals surface area contributed by atoms with Gasteiger partial charge < -0.3 is 9.84 Å². The first-order valence-corrected chi connectivity index (χ1v) is 4.95. The van der Waals surface area contributed by atoms with Gasteiger partial charge in [0, 0.05) is 5.56 Å². The molecule has 0 saturated heterocycles. The number of Topliss-reactive ketones (excluding diaryl/α,β-unsaturated/α-hetero) is 1. The Balaban J connectivity index is 2.63. The number of aliphatic hydroxyl groups is 1. The second-order valence-corrected chi connectivity index (χ2v) is 3.14. The van der Waals surface area contributed by atoms with Crippen molar-refractivity contribution in [3.05, 3.63) is 35.6 Å². The van der Waals surface area contributed by atoms with Gasteiger partial charge in [-0.05, 0) is 31.2 Å². The molecule has 0 saturated carbocycles. The Labute approximate surface area is 97.2 Å². The largest absolute Gasteiger partial charge is 0.450 e. The highest BCUT2D eigenvalue weighted by molar-refractivity contribution is 6.00. The summed E-state index contributed by atoms with van der Waals surface area (Å²) in [7, 11) is 0. The molecule has 0 aliphatic carbocycles. The number of hydrogen-bond donors (Lipinski definition) is 2. The van der Waals surface area contributed by atoms with E-state index in [1.165, 1.54) is 12.1 Å². The lowest BCUT2D eigenvalue weighted by Gasteiger charge is -2.11. The molecule has 17 heavy (non-hydrogen) atoms. The molecule has 0 fully saturated rings. The molecule has 0 radical (unpaired) electrons. The Hall–Kier alpha value is -1.95. The van der Waals surface area contributed by atoms with Crippen LogP contribution in [-0.2, 0) is 4.74 Å². The van der Waals surface area contributed by atoms with Crippen molar-refractivity contribution in [3.8, 4) is 0 Å². The van der Waals surface area contributed by atoms with Crippen LogP contribution in [0, 0.1) is 5.82 Å². The molecule has 92 valence electrons. The summed E-state index contributed by atoms with van der Waals surface area (Å²) in [6, 6.07) is 4.61. The minimum absolute atomic E-state index is 0.0932. The van der Waals surface area contributed by atoms with E-state index in [2.05, 4.69) is 4.74 Å². The van der Waals surface area contributed by atoms with Gasteiger partial charge in [0.1, 0.15) is 5.82 Å². The third-order valence-electron chi connectivity index (χ3n) is 1.91. The van der Waals surface area contributed by atoms with Gasteiger partial charge in [-0.1, -0.05) is 0 Å². The number of carbonyl (C=O) groups excluding carboxylic acids is 2. The minimum atomic E-state index is -1.71. The first-order valence-electron chi connectivity index (χ1n) is 4.95. The lowest BCUT2D eigenvalue weighted by molar-refractivity contribution is 0.0635. The quantitative estimate of drug-likeness (QED) is 0.610. The molecule has 1 aromatic rings. The highest BCUT2D eigenvalue weighted by atomic mass is 19.1. The minimum Gasteiger partial charge on any atom is -0.450 e. The summed E-state index contributed by atoms with van der Waals surface area (Å²) in [5.41, 5.74) is 0.0932. The number of carbonyl (C=O) groups is 2. The maximum atomic E-state index is 12.6. The standard InChI is InChI=1S/C11H12FNO4/c1-2-17-11(16)13-10(15)9(14)7-3-5-8(12)6-4-7/h3-6,10,15H,2H2,1H3,(H,13,16)/t10-/m1/s1. The number of ether oxygens (including phenoxy) is 1. The number of amides is 1. The van der Waals surface area contributed by atoms with Crippen LogP contribution in [0.25, 0.3) is 0 Å². The van der Waals surface area contributed by atoms with Crippen molar-refractivity contribution in [1.82, 2.24) is 5.32 Å². The summed E-state index contributed by atoms with van der Waals surface area (Å²) < 4.78 is 17.1. The molecule has 1 atom stereocenters. The van der Waals surface area contributed by atoms with Crippen molar-refractivity contribution < 1.29 is 23.8 Å². The molecular weight excluding hydrogens is 229 g/mol. The fraction of sp³-hybridized carbons (Fsp3) is 0.273. The number of nitrogens with one attached hydrogen (secondary N) is 1. The number of benzene rings is 1. The second-order valence-electron chi connectivity index (χ2n) is 3.14. The number of halogens is 1. The van der Waals surface area contributed by atoms with Gasteiger partial charge >= 0.3 is 6.09 Å². The summed E-state index contributed by atoms with van der Waals surface area (Å²) in [6.07, 6.45) is -2.60. The maximum absolute atomic E-state index is 12.6. The molecule has 0 bridgehead atoms. The fourth-order valence-electron chi connectivity index (χ4n) is 1.12. The van der Waals surface area contributed by atoms with E-state index in [-0.39, 0.29) is 12.2 Å². The molecular formula is C11H12FNO4. The lowest BCUT2D eigenvalue weighted by Crippen LogP contribution is -2.40. The normalized spacial score (nSPS) is 11.7. The van der Waals surface area contributed by atoms with Crippen LogP contribution in [0.15, 0.2) is 24.3 Å². The van der Waals surface area contributed by atoms with Crippen LogP contribution in [-0.4, -0.2) is 29.8 Å². The van der Waals surface area contributed by atoms with E-state index in [4.69, 9.17) is 0 Å². The van der Waals surface area contributed by atoms with Crippen molar-refractivity contribution in [1.29, 1.82) is 0 Å². The number of ketones is 1. The van der Waals surface area contributed by atoms with Crippen molar-refractivity contribution in [2.24, 2.45) is 0 Å². The number of alkyl carbamates (subject to hydrolysis) is 1. The van der Waals surface area contributed by atoms with Crippen molar-refractivity contribution in [2.75, 3.05) is 6.61 Å². The molecule has 0 aliphatic rings. The average molecular weight is 241 g/mol. The fourth-order valence-corrected chi connectivity index (χ4v) is 1.12. The topological polar surface area (TPSA) is 75.6 Å². The van der Waals surface area contributed by atoms with Gasteiger partial charge in [-0.15, -0.1) is 0 Å². The molecule has 1 rings (SSSR count). The van der Waals surface area contributed by atoms with Gasteiger partial charge in [-0.25, -0.2) is 9.18 Å². The van der Waals surface area contributed by atoms with Crippen molar-refractivity contribution in [2.45, 2.75) is 13.2 Å². The van der Waals surface area contributed by atoms with Crippen molar-refractivity contribution in [3.63, 3.8) is 0 Å². The zero-order chi connectivity index (χ0) is 12.8. The maximum Gasteiger partial charge on any atom is 0.409 e. The van der Waals surface area contributed by atoms with E-state index in [0.717, 1.165) is 12.1 Å². The van der Waals surface area contributed by atoms with Crippen LogP contribution < -0.4 is 5.32 Å². The molecule has 0 unspecified atom stereocenters. The highest BCUT2D eigenvalue weighted by Crippen LogP contribution is 2.05. The lowest BCUT2D eigenvalue weighted by atomic mass is 10.1. The smallest absolute Gasteiger partial charge is 0.409 e. The molecule has 0 aliphatic heterocycles. The Kier molecular flexibility index (Phi) is 4.59. The first kappa shape index (κ1) is 13.1. The monoisotopic (exact) mass is 241 g/mol. The molecule has 6 heteroatoms. The molecule has 2 N–H and O–H groups in total. The van der Waals surface area contributed by atoms with E-state index >= 15 is 0 Å². The van der Waals surface area contributed by atoms with Crippen LogP contribution >= 0.6 is 0 Å². The predicted octanol–water partition coefficient (Wildman–Crippen LogP) is 1.07. The predicted molar refractivity (Wildman–Crippen MR) is 56.9 cm³/mol. The summed E-state index contributed by atoms with van der Waals surface area (Å²) >= 11 is 0. The van der Waals surface area contributed by atoms with E-state index < -0.39 is 23.9 Å². The van der Waals surface area contributed by atoms with Crippen molar-refractivity contribution >= 4 is 11.9 Å². The van der Waals surface area contributed by atoms with E-state index in [1.807, 2.05) is 5.32 Å². The van der Waals surface area contributed by atoms with E-state index in [9.17, 15) is 19.1 Å². The van der Waals surface area contributed by atoms with Crippen LogP contribution in [0.1, 0.15) is 17.3 Å². The van der Waals surface area contributed by atoms with Crippen LogP contribution in [0.5, 0.6) is 0 Å². The Morgan fingerprint density at radius 2 is 2.00 bits per heavy atom. The summed E-state index contributed by atoms with van der Waals surface area (Å²) in [5, 5.41) is 11.3. The zero-order valence-electron chi connectivity index (χ0n) is 9.14. The molecule has 0 aromatic heterocycles. The summed E-state index contributed by atoms with van der Waals surface area (Å²) in [5.74, 6) is -1.23. The first-order chi connectivity index (χ1) is 8.04. The third kappa shape index (κ3) is 3.84. The van der Waals surface area contributed by atoms with E-state index in [1.54, 1.807) is 6.92 Å². The van der Waals surface area contributed by atoms with Gasteiger partial charge in [-0.3, -0.25) is 10.1 Å². The van der Waals surface area contributed by atoms with Crippen LogP contribution in [0.3, 0.4) is 0 Å². The van der Waals surface area contributed by atoms with Gasteiger partial charge in [0.05, 0.1) is 6.61 Å². The van der Waals surface area contributed by atoms with Gasteiger partial charge in [0.25, 0.3) is 0 Å². The average Bonchev–Trinajstić information content (AvgIpc) is 2.29. The SMILES string of the molecule is CCOC(=O)N[C@H](O)C(=O)c1ccc(F)cc1. The number of aliphatic hydroxyl groups excluding tert-OH is 1. The summed E-state index contributed by atoms with van der Waals surface area (Å²) in [4.78, 5) is 22.5. The van der Waals surface area contributed by atoms with Crippen LogP contribution in [0.4, 0.5) is 9.18 Å². The zero-order valence-corrected chi connectivity index (χ0v) is 9.14. The van der Waals surface area contributed by atoms with Gasteiger partial charge in [0.15, 0.2) is 6.23 Å². The third-order valence-corrected chi connectivity index (χ3v) is 1.91. The Morgan fingerprint density at radius 3 is 2.53 bits per heavy atom. The molecule has 1 amide bonds. The second kappa shape index (κ2) is 5.95. The molecule has 0 spiro atoms. The number of rotatable bonds is 4. The highest BCUT2D eigenvalue weighted by Gasteiger charge is 2.19. The molecule has 5 nitrogen and oxygen atoms in total. The van der Waals surface area contributed by atoms with Gasteiger partial charge in [-0.2, -0.15) is 0 Å². The van der Waals surface area contributed by atoms with E-state index in [0.29, 0.717) is 0 Å². The van der Waals surface area contributed by atoms with Gasteiger partial charge in [0.2, 0.25) is 5.78 Å².